The van der Waals surface area contributed by atoms with Crippen molar-refractivity contribution >= 4 is 60.2 Å². The maximum Gasteiger partial charge on any atom is 0 e. The summed E-state index contributed by atoms with van der Waals surface area (Å²) >= 11 is -0.0615. The molecule has 1 saturated carbocycles. The fourth-order valence-electron chi connectivity index (χ4n) is 8.55. The predicted octanol–water partition coefficient (Wildman–Crippen LogP) is 14.2. The summed E-state index contributed by atoms with van der Waals surface area (Å²) in [7, 11) is 0. The van der Waals surface area contributed by atoms with Crippen LogP contribution in [0, 0.1) is 12.1 Å². The number of thiophene rings is 1. The van der Waals surface area contributed by atoms with Gasteiger partial charge in [-0.2, -0.15) is 11.3 Å². The van der Waals surface area contributed by atoms with Crippen LogP contribution in [0.2, 0.25) is 17.3 Å². The molecule has 1 aliphatic carbocycles. The Morgan fingerprint density at radius 2 is 1.42 bits per heavy atom. The van der Waals surface area contributed by atoms with Crippen molar-refractivity contribution in [3.63, 3.8) is 0 Å². The molecule has 1 radical (unpaired) electrons. The molecule has 293 valence electrons. The summed E-state index contributed by atoms with van der Waals surface area (Å²) in [5, 5.41) is 2.57. The van der Waals surface area contributed by atoms with Crippen LogP contribution in [-0.2, 0) is 20.1 Å². The average Bonchev–Trinajstić information content (AvgIpc) is 3.79. The molecule has 0 atom stereocenters. The number of imidazole rings is 1. The van der Waals surface area contributed by atoms with Gasteiger partial charge in [0, 0.05) is 30.5 Å². The van der Waals surface area contributed by atoms with Gasteiger partial charge in [0.2, 0.25) is 0 Å². The minimum absolute atomic E-state index is 0. The molecule has 57 heavy (non-hydrogen) atoms. The summed E-state index contributed by atoms with van der Waals surface area (Å²) < 4.78 is 6.56. The predicted molar refractivity (Wildman–Crippen MR) is 244 cm³/mol. The second-order valence-corrected chi connectivity index (χ2v) is 28.8. The molecule has 5 aromatic carbocycles. The normalized spacial score (nSPS) is 13.6. The SMILES string of the molecule is CC(C)c1cccc(C(C)C)c1-n1c(-c2[c-]cc3sc4ccccc4c3c2)nc2ccccc21.[CH3][Ge]([CH3])([CH3])[c]1cnc(-c2[c-]cccc2)cc1C1CCCCC1.[Ir]. The fourth-order valence-corrected chi connectivity index (χ4v) is 13.0. The first-order chi connectivity index (χ1) is 27.1. The Morgan fingerprint density at radius 3 is 2.12 bits per heavy atom. The van der Waals surface area contributed by atoms with E-state index in [0.29, 0.717) is 11.8 Å². The number of aromatic nitrogens is 3. The zero-order valence-corrected chi connectivity index (χ0v) is 39.6. The first-order valence-corrected chi connectivity index (χ1v) is 28.7. The summed E-state index contributed by atoms with van der Waals surface area (Å²) in [6.07, 6.45) is 9.08. The molecule has 0 spiro atoms. The Labute approximate surface area is 359 Å². The molecule has 0 unspecified atom stereocenters. The monoisotopic (exact) mass is 1010 g/mol. The average molecular weight is 1000 g/mol. The van der Waals surface area contributed by atoms with Crippen molar-refractivity contribution in [2.75, 3.05) is 0 Å². The molecule has 0 N–H and O–H groups in total. The van der Waals surface area contributed by atoms with Crippen LogP contribution in [-0.4, -0.2) is 27.8 Å². The molecule has 3 nitrogen and oxygen atoms in total. The number of fused-ring (bicyclic) bond motifs is 4. The summed E-state index contributed by atoms with van der Waals surface area (Å²) in [5.41, 5.74) is 10.9. The molecule has 0 bridgehead atoms. The number of benzene rings is 5. The molecule has 6 heteroatoms. The zero-order chi connectivity index (χ0) is 39.0. The van der Waals surface area contributed by atoms with E-state index in [1.165, 1.54) is 69.1 Å². The van der Waals surface area contributed by atoms with Crippen LogP contribution in [0.4, 0.5) is 0 Å². The van der Waals surface area contributed by atoms with Crippen molar-refractivity contribution < 1.29 is 20.1 Å². The van der Waals surface area contributed by atoms with Crippen molar-refractivity contribution in [3.05, 3.63) is 144 Å². The van der Waals surface area contributed by atoms with E-state index in [0.717, 1.165) is 39.6 Å². The number of rotatable bonds is 7. The van der Waals surface area contributed by atoms with E-state index in [1.54, 1.807) is 9.96 Å². The van der Waals surface area contributed by atoms with Crippen molar-refractivity contribution in [1.29, 1.82) is 0 Å². The molecule has 3 aromatic heterocycles. The molecule has 3 heterocycles. The Kier molecular flexibility index (Phi) is 12.7. The van der Waals surface area contributed by atoms with Gasteiger partial charge in [-0.1, -0.05) is 81.6 Å². The summed E-state index contributed by atoms with van der Waals surface area (Å²) in [6.45, 7) is 9.10. The first-order valence-electron chi connectivity index (χ1n) is 20.5. The van der Waals surface area contributed by atoms with Crippen molar-refractivity contribution in [2.24, 2.45) is 0 Å². The van der Waals surface area contributed by atoms with Gasteiger partial charge in [-0.25, -0.2) is 0 Å². The van der Waals surface area contributed by atoms with Gasteiger partial charge >= 0.3 is 137 Å². The van der Waals surface area contributed by atoms with E-state index in [2.05, 4.69) is 165 Å². The van der Waals surface area contributed by atoms with Gasteiger partial charge in [0.25, 0.3) is 0 Å². The van der Waals surface area contributed by atoms with Crippen LogP contribution in [0.5, 0.6) is 0 Å². The van der Waals surface area contributed by atoms with Crippen molar-refractivity contribution in [1.82, 2.24) is 14.5 Å². The number of hydrogen-bond donors (Lipinski definition) is 0. The molecular formula is C51H53GeIrN3S-2. The van der Waals surface area contributed by atoms with Crippen LogP contribution < -0.4 is 4.40 Å². The van der Waals surface area contributed by atoms with E-state index in [4.69, 9.17) is 9.97 Å². The van der Waals surface area contributed by atoms with Crippen LogP contribution in [0.15, 0.2) is 115 Å². The maximum atomic E-state index is 5.17. The van der Waals surface area contributed by atoms with Gasteiger partial charge in [0.1, 0.15) is 0 Å². The zero-order valence-electron chi connectivity index (χ0n) is 34.3. The molecule has 0 amide bonds. The smallest absolute Gasteiger partial charge is 0 e. The van der Waals surface area contributed by atoms with E-state index >= 15 is 0 Å². The van der Waals surface area contributed by atoms with E-state index in [1.807, 2.05) is 23.5 Å². The standard InChI is InChI=1S/C31H27N2S.C20H26GeN.Ir/c1-19(2)22-11-9-12-23(20(3)4)30(22)33-27-14-7-6-13-26(27)32-31(33)21-16-17-29-25(18-21)24-10-5-8-15-28(24)34-29;1-21(2,3)19-15-22-20(17-12-8-5-9-13-17)14-18(19)16-10-6-4-7-11-16;/h5-15,17-20H,1-4H3;5,8-9,12,14-16H,4,6-7,10-11H2,1-3H3;/q2*-1;. The second-order valence-electron chi connectivity index (χ2n) is 17.1. The largest absolute Gasteiger partial charge is 0 e. The minimum Gasteiger partial charge on any atom is 0 e. The van der Waals surface area contributed by atoms with Gasteiger partial charge in [-0.05, 0) is 51.2 Å². The van der Waals surface area contributed by atoms with Crippen LogP contribution in [0.1, 0.15) is 94.2 Å². The van der Waals surface area contributed by atoms with Crippen LogP contribution in [0.25, 0.3) is 59.5 Å². The van der Waals surface area contributed by atoms with Gasteiger partial charge in [-0.3, -0.25) is 4.98 Å². The Morgan fingerprint density at radius 1 is 0.719 bits per heavy atom. The third-order valence-electron chi connectivity index (χ3n) is 11.5. The van der Waals surface area contributed by atoms with Gasteiger partial charge in [0.05, 0.1) is 16.9 Å². The van der Waals surface area contributed by atoms with Gasteiger partial charge in [0.15, 0.2) is 0 Å². The third-order valence-corrected chi connectivity index (χ3v) is 16.9. The first kappa shape index (κ1) is 41.3. The Balaban J connectivity index is 0.000000188. The van der Waals surface area contributed by atoms with Crippen LogP contribution >= 0.6 is 11.3 Å². The number of nitrogens with zero attached hydrogens (tertiary/aromatic N) is 3. The Hall–Kier alpha value is -3.87. The molecule has 0 aliphatic heterocycles. The third kappa shape index (κ3) is 8.50. The molecule has 0 saturated heterocycles. The molecular weight excluding hydrogens is 951 g/mol. The van der Waals surface area contributed by atoms with Crippen molar-refractivity contribution in [3.8, 4) is 28.3 Å². The minimum atomic E-state index is -1.89. The molecule has 1 aliphatic rings. The Bertz CT molecular complexity index is 2600. The number of para-hydroxylation sites is 3. The summed E-state index contributed by atoms with van der Waals surface area (Å²) in [4.78, 5) is 9.95. The molecule has 8 aromatic rings. The van der Waals surface area contributed by atoms with E-state index < -0.39 is 13.3 Å². The van der Waals surface area contributed by atoms with Gasteiger partial charge < -0.3 is 4.57 Å². The second kappa shape index (κ2) is 17.5. The quantitative estimate of drug-likeness (QED) is 0.118. The van der Waals surface area contributed by atoms with Crippen molar-refractivity contribution in [2.45, 2.75) is 94.8 Å². The van der Waals surface area contributed by atoms with Crippen LogP contribution in [0.3, 0.4) is 0 Å². The van der Waals surface area contributed by atoms with E-state index in [9.17, 15) is 0 Å². The molecule has 9 rings (SSSR count). The number of hydrogen-bond acceptors (Lipinski definition) is 3. The topological polar surface area (TPSA) is 30.7 Å². The maximum absolute atomic E-state index is 5.17. The fraction of sp³-hybridized carbons (Fsp3) is 0.294. The molecule has 1 fully saturated rings. The summed E-state index contributed by atoms with van der Waals surface area (Å²) in [6, 6.07) is 45.7. The van der Waals surface area contributed by atoms with Gasteiger partial charge in [-0.15, -0.1) is 23.8 Å². The van der Waals surface area contributed by atoms with E-state index in [-0.39, 0.29) is 20.1 Å². The number of pyridine rings is 1. The summed E-state index contributed by atoms with van der Waals surface area (Å²) in [5.74, 6) is 9.95.